The maximum atomic E-state index is 12.4. The summed E-state index contributed by atoms with van der Waals surface area (Å²) in [6, 6.07) is 11.6. The Morgan fingerprint density at radius 3 is 2.08 bits per heavy atom. The van der Waals surface area contributed by atoms with Crippen molar-refractivity contribution in [2.75, 3.05) is 7.11 Å². The SMILES string of the molecule is COC(=O)[C@@H](N)Cc1ccc(CC(=O)c2c(Cl)cccc2Cl)cc1.Cl. The molecule has 1 atom stereocenters. The van der Waals surface area contributed by atoms with Crippen molar-refractivity contribution in [2.24, 2.45) is 5.73 Å². The van der Waals surface area contributed by atoms with Gasteiger partial charge in [-0.3, -0.25) is 9.59 Å². The molecule has 134 valence electrons. The molecule has 0 aliphatic heterocycles. The Kier molecular flexibility index (Phi) is 8.39. The number of Topliss-reactive ketones (excluding diaryl/α,β-unsaturated/α-hetero) is 1. The van der Waals surface area contributed by atoms with E-state index in [2.05, 4.69) is 4.74 Å². The summed E-state index contributed by atoms with van der Waals surface area (Å²) in [5.41, 5.74) is 7.78. The predicted octanol–water partition coefficient (Wildman–Crippen LogP) is 3.88. The predicted molar refractivity (Wildman–Crippen MR) is 102 cm³/mol. The summed E-state index contributed by atoms with van der Waals surface area (Å²) in [4.78, 5) is 23.7. The van der Waals surface area contributed by atoms with Crippen molar-refractivity contribution < 1.29 is 14.3 Å². The number of carbonyl (C=O) groups excluding carboxylic acids is 2. The fraction of sp³-hybridized carbons (Fsp3) is 0.222. The third-order valence-corrected chi connectivity index (χ3v) is 4.22. The van der Waals surface area contributed by atoms with Crippen LogP contribution in [0.15, 0.2) is 42.5 Å². The van der Waals surface area contributed by atoms with Crippen LogP contribution in [0.4, 0.5) is 0 Å². The molecule has 0 unspecified atom stereocenters. The van der Waals surface area contributed by atoms with E-state index >= 15 is 0 Å². The summed E-state index contributed by atoms with van der Waals surface area (Å²) >= 11 is 12.1. The molecule has 2 rings (SSSR count). The second-order valence-electron chi connectivity index (χ2n) is 5.35. The minimum Gasteiger partial charge on any atom is -0.468 e. The molecule has 2 aromatic rings. The molecule has 2 aromatic carbocycles. The number of methoxy groups -OCH3 is 1. The van der Waals surface area contributed by atoms with Crippen LogP contribution >= 0.6 is 35.6 Å². The first kappa shape index (κ1) is 21.5. The average Bonchev–Trinajstić information content (AvgIpc) is 2.55. The number of rotatable bonds is 6. The van der Waals surface area contributed by atoms with Crippen LogP contribution in [-0.2, 0) is 22.4 Å². The van der Waals surface area contributed by atoms with E-state index < -0.39 is 12.0 Å². The van der Waals surface area contributed by atoms with Gasteiger partial charge in [-0.25, -0.2) is 0 Å². The quantitative estimate of drug-likeness (QED) is 0.588. The molecule has 0 bridgehead atoms. The highest BCUT2D eigenvalue weighted by molar-refractivity contribution is 6.39. The first-order chi connectivity index (χ1) is 11.4. The van der Waals surface area contributed by atoms with Crippen molar-refractivity contribution >= 4 is 47.4 Å². The van der Waals surface area contributed by atoms with Crippen LogP contribution in [0.25, 0.3) is 0 Å². The van der Waals surface area contributed by atoms with Gasteiger partial charge < -0.3 is 10.5 Å². The number of halogens is 3. The number of benzene rings is 2. The highest BCUT2D eigenvalue weighted by Crippen LogP contribution is 2.25. The highest BCUT2D eigenvalue weighted by atomic mass is 35.5. The van der Waals surface area contributed by atoms with Crippen molar-refractivity contribution in [1.82, 2.24) is 0 Å². The van der Waals surface area contributed by atoms with Gasteiger partial charge in [0.05, 0.1) is 22.7 Å². The number of ether oxygens (including phenoxy) is 1. The Morgan fingerprint density at radius 2 is 1.56 bits per heavy atom. The lowest BCUT2D eigenvalue weighted by Crippen LogP contribution is -2.33. The zero-order valence-corrected chi connectivity index (χ0v) is 15.8. The van der Waals surface area contributed by atoms with E-state index in [1.165, 1.54) is 7.11 Å². The van der Waals surface area contributed by atoms with Gasteiger partial charge in [0.2, 0.25) is 0 Å². The minimum absolute atomic E-state index is 0. The van der Waals surface area contributed by atoms with E-state index in [1.54, 1.807) is 18.2 Å². The van der Waals surface area contributed by atoms with Crippen molar-refractivity contribution in [3.05, 3.63) is 69.2 Å². The third-order valence-electron chi connectivity index (χ3n) is 3.59. The fourth-order valence-corrected chi connectivity index (χ4v) is 2.93. The standard InChI is InChI=1S/C18H17Cl2NO3.ClH/c1-24-18(23)15(21)9-11-5-7-12(8-6-11)10-16(22)17-13(19)3-2-4-14(17)20;/h2-8,15H,9-10,21H2,1H3;1H/t15-;/m0./s1. The molecule has 2 N–H and O–H groups in total. The van der Waals surface area contributed by atoms with Gasteiger partial charge in [-0.15, -0.1) is 12.4 Å². The van der Waals surface area contributed by atoms with Crippen LogP contribution in [0, 0.1) is 0 Å². The van der Waals surface area contributed by atoms with Crippen LogP contribution in [-0.4, -0.2) is 24.9 Å². The second kappa shape index (κ2) is 9.78. The molecule has 0 spiro atoms. The Morgan fingerprint density at radius 1 is 1.04 bits per heavy atom. The summed E-state index contributed by atoms with van der Waals surface area (Å²) < 4.78 is 4.60. The summed E-state index contributed by atoms with van der Waals surface area (Å²) in [5.74, 6) is -0.604. The zero-order valence-electron chi connectivity index (χ0n) is 13.5. The lowest BCUT2D eigenvalue weighted by Gasteiger charge is -2.10. The van der Waals surface area contributed by atoms with Gasteiger partial charge in [0, 0.05) is 6.42 Å². The Bertz CT molecular complexity index is 727. The number of hydrogen-bond acceptors (Lipinski definition) is 4. The molecule has 0 heterocycles. The Balaban J connectivity index is 0.00000312. The van der Waals surface area contributed by atoms with Crippen LogP contribution in [0.2, 0.25) is 10.0 Å². The first-order valence-electron chi connectivity index (χ1n) is 7.30. The largest absolute Gasteiger partial charge is 0.468 e. The lowest BCUT2D eigenvalue weighted by atomic mass is 10.00. The Hall–Kier alpha value is -1.59. The van der Waals surface area contributed by atoms with E-state index in [9.17, 15) is 9.59 Å². The smallest absolute Gasteiger partial charge is 0.322 e. The summed E-state index contributed by atoms with van der Waals surface area (Å²) in [6.45, 7) is 0. The molecule has 7 heteroatoms. The fourth-order valence-electron chi connectivity index (χ4n) is 2.32. The van der Waals surface area contributed by atoms with E-state index in [4.69, 9.17) is 28.9 Å². The third kappa shape index (κ3) is 5.72. The molecule has 4 nitrogen and oxygen atoms in total. The van der Waals surface area contributed by atoms with Gasteiger partial charge in [0.25, 0.3) is 0 Å². The molecular weight excluding hydrogens is 385 g/mol. The first-order valence-corrected chi connectivity index (χ1v) is 8.06. The van der Waals surface area contributed by atoms with Crippen molar-refractivity contribution in [3.8, 4) is 0 Å². The second-order valence-corrected chi connectivity index (χ2v) is 6.16. The maximum absolute atomic E-state index is 12.4. The molecule has 0 aliphatic rings. The van der Waals surface area contributed by atoms with E-state index in [0.717, 1.165) is 11.1 Å². The van der Waals surface area contributed by atoms with Crippen LogP contribution in [0.5, 0.6) is 0 Å². The topological polar surface area (TPSA) is 69.4 Å². The number of hydrogen-bond donors (Lipinski definition) is 1. The summed E-state index contributed by atoms with van der Waals surface area (Å²) in [5, 5.41) is 0.682. The minimum atomic E-state index is -0.704. The molecule has 25 heavy (non-hydrogen) atoms. The van der Waals surface area contributed by atoms with Gasteiger partial charge in [-0.05, 0) is 29.7 Å². The molecular formula is C18H18Cl3NO3. The van der Waals surface area contributed by atoms with Gasteiger partial charge in [0.1, 0.15) is 6.04 Å². The molecule has 0 fully saturated rings. The van der Waals surface area contributed by atoms with Crippen LogP contribution < -0.4 is 5.73 Å². The van der Waals surface area contributed by atoms with Crippen molar-refractivity contribution in [2.45, 2.75) is 18.9 Å². The number of esters is 1. The van der Waals surface area contributed by atoms with Gasteiger partial charge in [-0.2, -0.15) is 0 Å². The van der Waals surface area contributed by atoms with Crippen LogP contribution in [0.1, 0.15) is 21.5 Å². The van der Waals surface area contributed by atoms with Crippen molar-refractivity contribution in [3.63, 3.8) is 0 Å². The summed E-state index contributed by atoms with van der Waals surface area (Å²) in [7, 11) is 1.30. The molecule has 0 aliphatic carbocycles. The number of ketones is 1. The maximum Gasteiger partial charge on any atom is 0.322 e. The van der Waals surface area contributed by atoms with E-state index in [1.807, 2.05) is 24.3 Å². The molecule has 0 saturated heterocycles. The molecule has 0 amide bonds. The highest BCUT2D eigenvalue weighted by Gasteiger charge is 2.16. The Labute approximate surface area is 162 Å². The van der Waals surface area contributed by atoms with Crippen molar-refractivity contribution in [1.29, 1.82) is 0 Å². The van der Waals surface area contributed by atoms with Crippen LogP contribution in [0.3, 0.4) is 0 Å². The summed E-state index contributed by atoms with van der Waals surface area (Å²) in [6.07, 6.45) is 0.560. The zero-order chi connectivity index (χ0) is 17.7. The monoisotopic (exact) mass is 401 g/mol. The number of carbonyl (C=O) groups is 2. The lowest BCUT2D eigenvalue weighted by molar-refractivity contribution is -0.142. The van der Waals surface area contributed by atoms with Gasteiger partial charge in [0.15, 0.2) is 5.78 Å². The average molecular weight is 403 g/mol. The molecule has 0 radical (unpaired) electrons. The normalized spacial score (nSPS) is 11.4. The van der Waals surface area contributed by atoms with E-state index in [0.29, 0.717) is 22.0 Å². The van der Waals surface area contributed by atoms with E-state index in [-0.39, 0.29) is 24.6 Å². The van der Waals surface area contributed by atoms with Gasteiger partial charge in [-0.1, -0.05) is 53.5 Å². The molecule has 0 aromatic heterocycles. The number of nitrogens with two attached hydrogens (primary N) is 1. The van der Waals surface area contributed by atoms with Gasteiger partial charge >= 0.3 is 5.97 Å². The molecule has 0 saturated carbocycles.